The standard InChI is InChI=1S/C63H68N10O8/c74-58-52(22-19-41-10-3-1-4-11-41)68-62(78)57-36-49(81-48-25-30-65-31-26-48)39-73(57)63(79)56(34-45-14-9-27-66-37-45)72-60(76)53(32-42-17-20-47(21-18-42)80-40-44-12-5-2-6-13-44)69-59(75)54(33-43-23-28-64-29-24-43)70-61(77)55(71-58)35-46-38-67-51-16-8-7-15-50(46)51/h1-18,20-21,25-27,30-31,37-38,43,49,52-57,64,67H,19,22-24,28-29,32-36,39-40H2,(H,68,78)(H,69,75)(H,70,77)(H,71,74)(H,72,76)/t49-,52+,53+,54?,55-,56+,57+/m1/s1. The molecule has 81 heavy (non-hydrogen) atoms. The fourth-order valence-corrected chi connectivity index (χ4v) is 11.0. The predicted octanol–water partition coefficient (Wildman–Crippen LogP) is 5.07. The summed E-state index contributed by atoms with van der Waals surface area (Å²) in [7, 11) is 0. The van der Waals surface area contributed by atoms with Crippen molar-refractivity contribution in [3.05, 3.63) is 192 Å². The summed E-state index contributed by atoms with van der Waals surface area (Å²) in [5.74, 6) is -2.63. The molecule has 18 heteroatoms. The molecule has 418 valence electrons. The average molecular weight is 1090 g/mol. The molecule has 3 aliphatic rings. The van der Waals surface area contributed by atoms with Crippen molar-refractivity contribution in [2.24, 2.45) is 5.92 Å². The molecule has 6 heterocycles. The number of amides is 6. The quantitative estimate of drug-likeness (QED) is 0.0675. The first kappa shape index (κ1) is 55.4. The van der Waals surface area contributed by atoms with Crippen LogP contribution in [-0.2, 0) is 61.1 Å². The molecule has 3 aliphatic heterocycles. The topological polar surface area (TPSA) is 238 Å². The van der Waals surface area contributed by atoms with Gasteiger partial charge in [-0.15, -0.1) is 0 Å². The maximum Gasteiger partial charge on any atom is 0.246 e. The highest BCUT2D eigenvalue weighted by Gasteiger charge is 2.45. The van der Waals surface area contributed by atoms with E-state index in [0.29, 0.717) is 35.7 Å². The van der Waals surface area contributed by atoms with Crippen molar-refractivity contribution in [2.45, 2.75) is 107 Å². The second-order valence-electron chi connectivity index (χ2n) is 21.2. The predicted molar refractivity (Wildman–Crippen MR) is 304 cm³/mol. The number of piperidine rings is 1. The van der Waals surface area contributed by atoms with Gasteiger partial charge in [0.25, 0.3) is 0 Å². The van der Waals surface area contributed by atoms with Crippen LogP contribution in [0.3, 0.4) is 0 Å². The second-order valence-corrected chi connectivity index (χ2v) is 21.2. The Hall–Kier alpha value is -8.90. The van der Waals surface area contributed by atoms with E-state index in [9.17, 15) is 0 Å². The van der Waals surface area contributed by atoms with Crippen molar-refractivity contribution in [1.82, 2.24) is 51.8 Å². The third-order valence-electron chi connectivity index (χ3n) is 15.4. The van der Waals surface area contributed by atoms with Crippen molar-refractivity contribution in [2.75, 3.05) is 19.6 Å². The van der Waals surface area contributed by atoms with Gasteiger partial charge in [0, 0.05) is 67.6 Å². The lowest BCUT2D eigenvalue weighted by molar-refractivity contribution is -0.143. The molecule has 0 radical (unpaired) electrons. The monoisotopic (exact) mass is 1090 g/mol. The van der Waals surface area contributed by atoms with E-state index in [1.165, 1.54) is 4.90 Å². The van der Waals surface area contributed by atoms with Crippen molar-refractivity contribution in [3.8, 4) is 11.5 Å². The van der Waals surface area contributed by atoms with E-state index in [1.54, 1.807) is 67.4 Å². The van der Waals surface area contributed by atoms with Crippen LogP contribution in [0.4, 0.5) is 0 Å². The Morgan fingerprint density at radius 2 is 1.15 bits per heavy atom. The van der Waals surface area contributed by atoms with Crippen LogP contribution in [0.25, 0.3) is 10.9 Å². The van der Waals surface area contributed by atoms with E-state index >= 15 is 28.8 Å². The van der Waals surface area contributed by atoms with E-state index in [4.69, 9.17) is 9.47 Å². The lowest BCUT2D eigenvalue weighted by Crippen LogP contribution is -2.62. The summed E-state index contributed by atoms with van der Waals surface area (Å²) in [6.07, 6.45) is 9.72. The number of nitrogens with zero attached hydrogens (tertiary/aromatic N) is 3. The molecule has 18 nitrogen and oxygen atoms in total. The van der Waals surface area contributed by atoms with Crippen LogP contribution in [0, 0.1) is 5.92 Å². The second kappa shape index (κ2) is 26.8. The molecule has 7 aromatic rings. The zero-order chi connectivity index (χ0) is 55.9. The van der Waals surface area contributed by atoms with Gasteiger partial charge in [-0.3, -0.25) is 38.7 Å². The Bertz CT molecular complexity index is 3240. The van der Waals surface area contributed by atoms with Crippen LogP contribution >= 0.6 is 0 Å². The SMILES string of the molecule is O=C1N[C@@H](Cc2ccc(OCc3ccccc3)cc2)C(=O)N[C@@H](Cc2cccnc2)C(=O)N2C[C@H](Oc3ccncc3)C[C@H]2C(=O)N[C@@H](CCc2ccccc2)C(=O)N[C@H](Cc2c[nH]c3ccccc23)C(=O)NC1CC1CCNCC1. The van der Waals surface area contributed by atoms with Gasteiger partial charge in [0.2, 0.25) is 35.4 Å². The van der Waals surface area contributed by atoms with Crippen molar-refractivity contribution < 1.29 is 38.2 Å². The average Bonchev–Trinajstić information content (AvgIpc) is 4.13. The highest BCUT2D eigenvalue weighted by Crippen LogP contribution is 2.27. The number of para-hydroxylation sites is 1. The first-order valence-electron chi connectivity index (χ1n) is 27.9. The molecule has 7 atom stereocenters. The molecule has 7 N–H and O–H groups in total. The molecule has 1 unspecified atom stereocenters. The Balaban J connectivity index is 1.03. The van der Waals surface area contributed by atoms with Crippen LogP contribution in [0.1, 0.15) is 59.9 Å². The molecule has 3 fully saturated rings. The van der Waals surface area contributed by atoms with Crippen LogP contribution in [0.5, 0.6) is 11.5 Å². The minimum absolute atomic E-state index is 0.0153. The van der Waals surface area contributed by atoms with Gasteiger partial charge < -0.3 is 51.3 Å². The fourth-order valence-electron chi connectivity index (χ4n) is 11.0. The summed E-state index contributed by atoms with van der Waals surface area (Å²) in [6.45, 7) is 1.73. The number of carbonyl (C=O) groups is 6. The van der Waals surface area contributed by atoms with Crippen LogP contribution in [0.15, 0.2) is 164 Å². The normalized spacial score (nSPS) is 22.5. The number of hydrogen-bond donors (Lipinski definition) is 7. The molecule has 6 amide bonds. The molecule has 3 saturated heterocycles. The lowest BCUT2D eigenvalue weighted by atomic mass is 9.90. The number of fused-ring (bicyclic) bond motifs is 2. The number of pyridine rings is 2. The minimum atomic E-state index is -1.28. The zero-order valence-corrected chi connectivity index (χ0v) is 45.0. The highest BCUT2D eigenvalue weighted by molar-refractivity contribution is 5.99. The summed E-state index contributed by atoms with van der Waals surface area (Å²) in [5.41, 5.74) is 4.78. The van der Waals surface area contributed by atoms with Gasteiger partial charge in [-0.2, -0.15) is 0 Å². The number of aryl methyl sites for hydroxylation is 1. The molecule has 0 saturated carbocycles. The molecular formula is C63H68N10O8. The van der Waals surface area contributed by atoms with E-state index in [0.717, 1.165) is 53.5 Å². The van der Waals surface area contributed by atoms with Crippen LogP contribution < -0.4 is 41.4 Å². The van der Waals surface area contributed by atoms with Gasteiger partial charge in [0.05, 0.1) is 6.54 Å². The maximum atomic E-state index is 15.5. The zero-order valence-electron chi connectivity index (χ0n) is 45.0. The minimum Gasteiger partial charge on any atom is -0.489 e. The third-order valence-corrected chi connectivity index (χ3v) is 15.4. The fraction of sp³-hybridized carbons (Fsp3) is 0.333. The molecule has 3 aromatic heterocycles. The Morgan fingerprint density at radius 1 is 0.531 bits per heavy atom. The smallest absolute Gasteiger partial charge is 0.246 e. The molecule has 0 spiro atoms. The molecule has 0 bridgehead atoms. The van der Waals surface area contributed by atoms with E-state index < -0.39 is 77.8 Å². The first-order valence-corrected chi connectivity index (χ1v) is 27.9. The van der Waals surface area contributed by atoms with Gasteiger partial charge in [-0.1, -0.05) is 97.1 Å². The Morgan fingerprint density at radius 3 is 1.88 bits per heavy atom. The van der Waals surface area contributed by atoms with Crippen molar-refractivity contribution in [3.63, 3.8) is 0 Å². The summed E-state index contributed by atoms with van der Waals surface area (Å²) in [5, 5.41) is 19.4. The Kier molecular flexibility index (Phi) is 18.4. The summed E-state index contributed by atoms with van der Waals surface area (Å²) >= 11 is 0. The van der Waals surface area contributed by atoms with Crippen LogP contribution in [-0.4, -0.2) is 117 Å². The number of aromatic amines is 1. The number of H-pyrrole nitrogens is 1. The van der Waals surface area contributed by atoms with Crippen molar-refractivity contribution in [1.29, 1.82) is 0 Å². The van der Waals surface area contributed by atoms with E-state index in [1.807, 2.05) is 97.1 Å². The molecule has 4 aromatic carbocycles. The summed E-state index contributed by atoms with van der Waals surface area (Å²) < 4.78 is 12.5. The van der Waals surface area contributed by atoms with Gasteiger partial charge in [0.1, 0.15) is 60.5 Å². The molecular weight excluding hydrogens is 1020 g/mol. The summed E-state index contributed by atoms with van der Waals surface area (Å²) in [4.78, 5) is 105. The van der Waals surface area contributed by atoms with E-state index in [2.05, 4.69) is 46.9 Å². The number of aromatic nitrogens is 3. The number of rotatable bonds is 16. The van der Waals surface area contributed by atoms with Gasteiger partial charge in [0.15, 0.2) is 0 Å². The first-order chi connectivity index (χ1) is 39.6. The molecule has 10 rings (SSSR count). The Labute approximate surface area is 470 Å². The van der Waals surface area contributed by atoms with Gasteiger partial charge in [-0.05, 0) is 115 Å². The number of carbonyl (C=O) groups excluding carboxylic acids is 6. The lowest BCUT2D eigenvalue weighted by Gasteiger charge is -2.32. The maximum absolute atomic E-state index is 15.5. The number of nitrogens with one attached hydrogen (secondary N) is 7. The molecule has 0 aliphatic carbocycles. The third kappa shape index (κ3) is 14.9. The highest BCUT2D eigenvalue weighted by atomic mass is 16.5. The number of ether oxygens (including phenoxy) is 2. The van der Waals surface area contributed by atoms with Crippen molar-refractivity contribution >= 4 is 46.3 Å². The van der Waals surface area contributed by atoms with Crippen LogP contribution in [0.2, 0.25) is 0 Å². The largest absolute Gasteiger partial charge is 0.489 e. The summed E-state index contributed by atoms with van der Waals surface area (Å²) in [6, 6.07) is 33.7. The van der Waals surface area contributed by atoms with E-state index in [-0.39, 0.29) is 51.0 Å². The number of hydrogen-bond acceptors (Lipinski definition) is 11. The van der Waals surface area contributed by atoms with Gasteiger partial charge in [-0.25, -0.2) is 0 Å². The number of benzene rings is 4. The van der Waals surface area contributed by atoms with Gasteiger partial charge >= 0.3 is 0 Å².